The third-order valence-corrected chi connectivity index (χ3v) is 5.24. The van der Waals surface area contributed by atoms with Crippen LogP contribution in [0, 0.1) is 20.8 Å². The molecule has 0 aliphatic carbocycles. The molecule has 3 aromatic rings. The van der Waals surface area contributed by atoms with Gasteiger partial charge in [0, 0.05) is 18.2 Å². The van der Waals surface area contributed by atoms with E-state index in [0.717, 1.165) is 16.7 Å². The van der Waals surface area contributed by atoms with E-state index in [2.05, 4.69) is 34.9 Å². The van der Waals surface area contributed by atoms with Crippen molar-refractivity contribution >= 4 is 17.5 Å². The molecule has 0 spiro atoms. The quantitative estimate of drug-likeness (QED) is 0.579. The van der Waals surface area contributed by atoms with Crippen molar-refractivity contribution in [3.8, 4) is 0 Å². The van der Waals surface area contributed by atoms with Gasteiger partial charge in [-0.3, -0.25) is 9.59 Å². The summed E-state index contributed by atoms with van der Waals surface area (Å²) in [5.41, 5.74) is 6.10. The Balaban J connectivity index is 1.62. The molecule has 0 fully saturated rings. The molecule has 0 unspecified atom stereocenters. The molecule has 0 heterocycles. The van der Waals surface area contributed by atoms with Crippen molar-refractivity contribution in [3.63, 3.8) is 0 Å². The normalized spacial score (nSPS) is 10.7. The number of nitrogens with one attached hydrogen (secondary N) is 2. The fourth-order valence-corrected chi connectivity index (χ4v) is 3.85. The lowest BCUT2D eigenvalue weighted by Gasteiger charge is -2.18. The van der Waals surface area contributed by atoms with E-state index in [1.807, 2.05) is 69.3 Å². The van der Waals surface area contributed by atoms with Crippen LogP contribution in [-0.2, 0) is 9.59 Å². The van der Waals surface area contributed by atoms with E-state index < -0.39 is 11.8 Å². The average molecular weight is 401 g/mol. The number of hydrogen-bond acceptors (Lipinski definition) is 2. The van der Waals surface area contributed by atoms with Gasteiger partial charge in [0.15, 0.2) is 0 Å². The van der Waals surface area contributed by atoms with Gasteiger partial charge in [0.2, 0.25) is 0 Å². The van der Waals surface area contributed by atoms with E-state index >= 15 is 0 Å². The molecule has 0 saturated heterocycles. The Morgan fingerprint density at radius 2 is 1.27 bits per heavy atom. The summed E-state index contributed by atoms with van der Waals surface area (Å²) in [6.07, 6.45) is 0.704. The zero-order chi connectivity index (χ0) is 21.5. The van der Waals surface area contributed by atoms with Gasteiger partial charge in [-0.05, 0) is 49.4 Å². The minimum atomic E-state index is -0.638. The molecule has 0 aromatic heterocycles. The summed E-state index contributed by atoms with van der Waals surface area (Å²) >= 11 is 0. The minimum absolute atomic E-state index is 0.150. The number of anilines is 1. The lowest BCUT2D eigenvalue weighted by Crippen LogP contribution is -2.36. The molecule has 0 saturated carbocycles. The van der Waals surface area contributed by atoms with Gasteiger partial charge in [-0.15, -0.1) is 0 Å². The third kappa shape index (κ3) is 5.35. The number of aryl methyl sites for hydroxylation is 3. The highest BCUT2D eigenvalue weighted by atomic mass is 16.2. The second-order valence-corrected chi connectivity index (χ2v) is 7.65. The van der Waals surface area contributed by atoms with Crippen molar-refractivity contribution in [1.82, 2.24) is 5.32 Å². The first-order valence-corrected chi connectivity index (χ1v) is 10.2. The van der Waals surface area contributed by atoms with Crippen LogP contribution < -0.4 is 10.6 Å². The first-order chi connectivity index (χ1) is 14.5. The molecule has 2 N–H and O–H groups in total. The highest BCUT2D eigenvalue weighted by molar-refractivity contribution is 6.39. The molecule has 4 heteroatoms. The molecule has 0 radical (unpaired) electrons. The highest BCUT2D eigenvalue weighted by Crippen LogP contribution is 2.27. The Hall–Kier alpha value is -3.40. The smallest absolute Gasteiger partial charge is 0.313 e. The summed E-state index contributed by atoms with van der Waals surface area (Å²) in [7, 11) is 0. The van der Waals surface area contributed by atoms with Gasteiger partial charge in [0.1, 0.15) is 0 Å². The molecule has 154 valence electrons. The van der Waals surface area contributed by atoms with Gasteiger partial charge in [-0.2, -0.15) is 0 Å². The van der Waals surface area contributed by atoms with Crippen molar-refractivity contribution < 1.29 is 9.59 Å². The molecular formula is C26H28N2O2. The van der Waals surface area contributed by atoms with E-state index in [1.165, 1.54) is 11.1 Å². The zero-order valence-electron chi connectivity index (χ0n) is 17.7. The lowest BCUT2D eigenvalue weighted by molar-refractivity contribution is -0.136. The highest BCUT2D eigenvalue weighted by Gasteiger charge is 2.18. The number of carbonyl (C=O) groups is 2. The van der Waals surface area contributed by atoms with Crippen LogP contribution in [-0.4, -0.2) is 18.4 Å². The Bertz CT molecular complexity index is 951. The van der Waals surface area contributed by atoms with E-state index in [-0.39, 0.29) is 5.92 Å². The van der Waals surface area contributed by atoms with Gasteiger partial charge in [0.25, 0.3) is 0 Å². The van der Waals surface area contributed by atoms with Crippen LogP contribution in [0.3, 0.4) is 0 Å². The van der Waals surface area contributed by atoms with Crippen molar-refractivity contribution in [3.05, 3.63) is 101 Å². The van der Waals surface area contributed by atoms with Crippen molar-refractivity contribution in [2.24, 2.45) is 0 Å². The summed E-state index contributed by atoms with van der Waals surface area (Å²) in [6.45, 7) is 6.27. The average Bonchev–Trinajstić information content (AvgIpc) is 2.74. The molecule has 4 nitrogen and oxygen atoms in total. The number of rotatable bonds is 6. The number of carbonyl (C=O) groups excluding carboxylic acids is 2. The number of hydrogen-bond donors (Lipinski definition) is 2. The van der Waals surface area contributed by atoms with Crippen molar-refractivity contribution in [2.75, 3.05) is 11.9 Å². The second-order valence-electron chi connectivity index (χ2n) is 7.65. The molecule has 3 aromatic carbocycles. The minimum Gasteiger partial charge on any atom is -0.348 e. The van der Waals surface area contributed by atoms with Gasteiger partial charge in [-0.25, -0.2) is 0 Å². The first-order valence-electron chi connectivity index (χ1n) is 10.2. The SMILES string of the molecule is Cc1cc(C)c(NC(=O)C(=O)NCCC(c2ccccc2)c2ccccc2)c(C)c1. The van der Waals surface area contributed by atoms with Crippen molar-refractivity contribution in [1.29, 1.82) is 0 Å². The maximum absolute atomic E-state index is 12.4. The Morgan fingerprint density at radius 1 is 0.767 bits per heavy atom. The van der Waals surface area contributed by atoms with Gasteiger partial charge >= 0.3 is 11.8 Å². The summed E-state index contributed by atoms with van der Waals surface area (Å²) in [5, 5.41) is 5.53. The first kappa shape index (κ1) is 21.3. The Kier molecular flexibility index (Phi) is 7.02. The van der Waals surface area contributed by atoms with Crippen molar-refractivity contribution in [2.45, 2.75) is 33.1 Å². The third-order valence-electron chi connectivity index (χ3n) is 5.24. The molecule has 0 aliphatic rings. The lowest BCUT2D eigenvalue weighted by atomic mass is 9.88. The molecule has 3 rings (SSSR count). The standard InChI is InChI=1S/C26H28N2O2/c1-18-16-19(2)24(20(3)17-18)28-26(30)25(29)27-15-14-23(21-10-6-4-7-11-21)22-12-8-5-9-13-22/h4-13,16-17,23H,14-15H2,1-3H3,(H,27,29)(H,28,30). The van der Waals surface area contributed by atoms with Crippen LogP contribution in [0.1, 0.15) is 40.2 Å². The van der Waals surface area contributed by atoms with Gasteiger partial charge < -0.3 is 10.6 Å². The van der Waals surface area contributed by atoms with E-state index in [4.69, 9.17) is 0 Å². The van der Waals surface area contributed by atoms with E-state index in [1.54, 1.807) is 0 Å². The van der Waals surface area contributed by atoms with Crippen LogP contribution in [0.2, 0.25) is 0 Å². The van der Waals surface area contributed by atoms with Gasteiger partial charge in [-0.1, -0.05) is 78.4 Å². The maximum atomic E-state index is 12.4. The second kappa shape index (κ2) is 9.88. The number of amides is 2. The zero-order valence-corrected chi connectivity index (χ0v) is 17.7. The molecular weight excluding hydrogens is 372 g/mol. The topological polar surface area (TPSA) is 58.2 Å². The van der Waals surface area contributed by atoms with Crippen LogP contribution in [0.15, 0.2) is 72.8 Å². The molecule has 2 amide bonds. The number of benzene rings is 3. The maximum Gasteiger partial charge on any atom is 0.313 e. The fourth-order valence-electron chi connectivity index (χ4n) is 3.85. The fraction of sp³-hybridized carbons (Fsp3) is 0.231. The summed E-state index contributed by atoms with van der Waals surface area (Å²) in [5.74, 6) is -1.10. The van der Waals surface area contributed by atoms with Gasteiger partial charge in [0.05, 0.1) is 0 Å². The van der Waals surface area contributed by atoms with E-state index in [9.17, 15) is 9.59 Å². The molecule has 30 heavy (non-hydrogen) atoms. The predicted molar refractivity (Wildman–Crippen MR) is 122 cm³/mol. The summed E-state index contributed by atoms with van der Waals surface area (Å²) < 4.78 is 0. The molecule has 0 atom stereocenters. The molecule has 0 bridgehead atoms. The van der Waals surface area contributed by atoms with Crippen LogP contribution >= 0.6 is 0 Å². The van der Waals surface area contributed by atoms with Crippen LogP contribution in [0.25, 0.3) is 0 Å². The van der Waals surface area contributed by atoms with Crippen LogP contribution in [0.4, 0.5) is 5.69 Å². The Labute approximate surface area is 178 Å². The van der Waals surface area contributed by atoms with Crippen LogP contribution in [0.5, 0.6) is 0 Å². The summed E-state index contributed by atoms with van der Waals surface area (Å²) in [6, 6.07) is 24.4. The predicted octanol–water partition coefficient (Wildman–Crippen LogP) is 4.89. The van der Waals surface area contributed by atoms with E-state index in [0.29, 0.717) is 18.7 Å². The Morgan fingerprint density at radius 3 is 1.77 bits per heavy atom. The molecule has 0 aliphatic heterocycles. The summed E-state index contributed by atoms with van der Waals surface area (Å²) in [4.78, 5) is 24.8. The largest absolute Gasteiger partial charge is 0.348 e. The monoisotopic (exact) mass is 400 g/mol.